The van der Waals surface area contributed by atoms with Gasteiger partial charge in [-0.05, 0) is 38.0 Å². The molecule has 0 aliphatic heterocycles. The fourth-order valence-corrected chi connectivity index (χ4v) is 4.13. The molecule has 5 atom stereocenters. The van der Waals surface area contributed by atoms with Crippen LogP contribution >= 0.6 is 0 Å². The lowest BCUT2D eigenvalue weighted by Crippen LogP contribution is -2.34. The number of aliphatic hydroxyl groups is 1. The van der Waals surface area contributed by atoms with Gasteiger partial charge in [0.15, 0.2) is 0 Å². The second kappa shape index (κ2) is 3.33. The Balaban J connectivity index is 1.89. The molecule has 1 N–H and O–H groups in total. The highest BCUT2D eigenvalue weighted by molar-refractivity contribution is 5.75. The van der Waals surface area contributed by atoms with Crippen molar-refractivity contribution in [3.63, 3.8) is 0 Å². The lowest BCUT2D eigenvalue weighted by molar-refractivity contribution is -0.151. The zero-order valence-electron chi connectivity index (χ0n) is 9.56. The number of fused-ring (bicyclic) bond motifs is 1. The molecule has 3 aliphatic carbocycles. The predicted octanol–water partition coefficient (Wildman–Crippen LogP) is 1.51. The standard InChI is InChI=1S/C13H18O3/c1-2-16-12(15)11-8-5-6-13(7-8)9(11)3-4-10(13)14/h5-6,8-11,14H,2-4,7H2,1H3. The number of rotatable bonds is 2. The van der Waals surface area contributed by atoms with Crippen LogP contribution in [0.4, 0.5) is 0 Å². The number of esters is 1. The summed E-state index contributed by atoms with van der Waals surface area (Å²) >= 11 is 0. The van der Waals surface area contributed by atoms with Crippen LogP contribution in [0.15, 0.2) is 12.2 Å². The Morgan fingerprint density at radius 2 is 2.38 bits per heavy atom. The molecule has 3 heteroatoms. The molecule has 0 aromatic heterocycles. The van der Waals surface area contributed by atoms with E-state index in [0.29, 0.717) is 18.4 Å². The molecule has 88 valence electrons. The van der Waals surface area contributed by atoms with Crippen LogP contribution in [0, 0.1) is 23.2 Å². The minimum Gasteiger partial charge on any atom is -0.466 e. The summed E-state index contributed by atoms with van der Waals surface area (Å²) in [6.45, 7) is 2.30. The first-order valence-corrected chi connectivity index (χ1v) is 6.23. The van der Waals surface area contributed by atoms with E-state index in [1.165, 1.54) is 0 Å². The molecular weight excluding hydrogens is 204 g/mol. The summed E-state index contributed by atoms with van der Waals surface area (Å²) in [6.07, 6.45) is 6.77. The minimum atomic E-state index is -0.252. The SMILES string of the molecule is CCOC(=O)C1C2C=CC3(C2)C(O)CCC13. The summed E-state index contributed by atoms with van der Waals surface area (Å²) < 4.78 is 5.16. The molecular formula is C13H18O3. The van der Waals surface area contributed by atoms with E-state index in [4.69, 9.17) is 4.74 Å². The Morgan fingerprint density at radius 1 is 1.56 bits per heavy atom. The molecule has 3 nitrogen and oxygen atoms in total. The fourth-order valence-electron chi connectivity index (χ4n) is 4.13. The average Bonchev–Trinajstić information content (AvgIpc) is 2.89. The second-order valence-electron chi connectivity index (χ2n) is 5.32. The van der Waals surface area contributed by atoms with Gasteiger partial charge >= 0.3 is 5.97 Å². The average molecular weight is 222 g/mol. The van der Waals surface area contributed by atoms with Crippen LogP contribution in [-0.2, 0) is 9.53 Å². The number of ether oxygens (including phenoxy) is 1. The molecule has 3 rings (SSSR count). The molecule has 0 heterocycles. The lowest BCUT2D eigenvalue weighted by Gasteiger charge is -2.31. The van der Waals surface area contributed by atoms with Gasteiger partial charge in [0.2, 0.25) is 0 Å². The number of carbonyl (C=O) groups is 1. The van der Waals surface area contributed by atoms with Crippen molar-refractivity contribution in [2.45, 2.75) is 32.3 Å². The maximum absolute atomic E-state index is 11.9. The lowest BCUT2D eigenvalue weighted by atomic mass is 9.75. The van der Waals surface area contributed by atoms with Gasteiger partial charge < -0.3 is 9.84 Å². The van der Waals surface area contributed by atoms with Gasteiger partial charge in [-0.1, -0.05) is 12.2 Å². The Bertz CT molecular complexity index is 349. The monoisotopic (exact) mass is 222 g/mol. The Morgan fingerprint density at radius 3 is 3.12 bits per heavy atom. The van der Waals surface area contributed by atoms with E-state index in [9.17, 15) is 9.90 Å². The van der Waals surface area contributed by atoms with E-state index in [0.717, 1.165) is 19.3 Å². The van der Waals surface area contributed by atoms with Crippen LogP contribution in [0.1, 0.15) is 26.2 Å². The number of hydrogen-bond acceptors (Lipinski definition) is 3. The van der Waals surface area contributed by atoms with Crippen molar-refractivity contribution in [1.29, 1.82) is 0 Å². The van der Waals surface area contributed by atoms with Crippen LogP contribution < -0.4 is 0 Å². The molecule has 3 aliphatic rings. The highest BCUT2D eigenvalue weighted by Gasteiger charge is 2.63. The largest absolute Gasteiger partial charge is 0.466 e. The van der Waals surface area contributed by atoms with Gasteiger partial charge in [0, 0.05) is 5.41 Å². The summed E-state index contributed by atoms with van der Waals surface area (Å²) in [5, 5.41) is 10.1. The minimum absolute atomic E-state index is 0.00194. The first-order valence-electron chi connectivity index (χ1n) is 6.23. The predicted molar refractivity (Wildman–Crippen MR) is 58.5 cm³/mol. The smallest absolute Gasteiger partial charge is 0.309 e. The highest BCUT2D eigenvalue weighted by Crippen LogP contribution is 2.64. The number of allylic oxidation sites excluding steroid dienone is 1. The number of hydrogen-bond donors (Lipinski definition) is 1. The van der Waals surface area contributed by atoms with Gasteiger partial charge in [-0.3, -0.25) is 4.79 Å². The van der Waals surface area contributed by atoms with E-state index in [2.05, 4.69) is 12.2 Å². The first kappa shape index (κ1) is 10.3. The van der Waals surface area contributed by atoms with E-state index < -0.39 is 0 Å². The quantitative estimate of drug-likeness (QED) is 0.569. The molecule has 2 saturated carbocycles. The molecule has 16 heavy (non-hydrogen) atoms. The third-order valence-corrected chi connectivity index (χ3v) is 4.76. The molecule has 1 spiro atoms. The van der Waals surface area contributed by atoms with Crippen LogP contribution in [0.5, 0.6) is 0 Å². The molecule has 0 amide bonds. The summed E-state index contributed by atoms with van der Waals surface area (Å²) in [6, 6.07) is 0. The first-order chi connectivity index (χ1) is 7.69. The topological polar surface area (TPSA) is 46.5 Å². The van der Waals surface area contributed by atoms with Crippen molar-refractivity contribution in [3.05, 3.63) is 12.2 Å². The maximum atomic E-state index is 11.9. The van der Waals surface area contributed by atoms with Crippen molar-refractivity contribution >= 4 is 5.97 Å². The van der Waals surface area contributed by atoms with E-state index in [1.54, 1.807) is 0 Å². The van der Waals surface area contributed by atoms with Gasteiger partial charge in [-0.15, -0.1) is 0 Å². The van der Waals surface area contributed by atoms with E-state index in [-0.39, 0.29) is 23.4 Å². The molecule has 0 aromatic rings. The van der Waals surface area contributed by atoms with Crippen molar-refractivity contribution in [2.75, 3.05) is 6.61 Å². The summed E-state index contributed by atoms with van der Waals surface area (Å²) in [4.78, 5) is 11.9. The van der Waals surface area contributed by atoms with Crippen molar-refractivity contribution < 1.29 is 14.6 Å². The highest BCUT2D eigenvalue weighted by atomic mass is 16.5. The number of aliphatic hydroxyl groups excluding tert-OH is 1. The van der Waals surface area contributed by atoms with Crippen LogP contribution in [-0.4, -0.2) is 23.8 Å². The summed E-state index contributed by atoms with van der Waals surface area (Å²) in [7, 11) is 0. The maximum Gasteiger partial charge on any atom is 0.309 e. The van der Waals surface area contributed by atoms with Gasteiger partial charge in [0.1, 0.15) is 0 Å². The van der Waals surface area contributed by atoms with Gasteiger partial charge in [0.05, 0.1) is 18.6 Å². The molecule has 0 radical (unpaired) electrons. The fraction of sp³-hybridized carbons (Fsp3) is 0.769. The third-order valence-electron chi connectivity index (χ3n) is 4.76. The summed E-state index contributed by atoms with van der Waals surface area (Å²) in [5.41, 5.74) is -0.0951. The van der Waals surface area contributed by atoms with Gasteiger partial charge in [-0.2, -0.15) is 0 Å². The van der Waals surface area contributed by atoms with Crippen LogP contribution in [0.2, 0.25) is 0 Å². The third kappa shape index (κ3) is 1.10. The molecule has 2 fully saturated rings. The van der Waals surface area contributed by atoms with Crippen molar-refractivity contribution in [2.24, 2.45) is 23.2 Å². The Labute approximate surface area is 95.5 Å². The number of carbonyl (C=O) groups excluding carboxylic acids is 1. The van der Waals surface area contributed by atoms with Crippen molar-refractivity contribution in [3.8, 4) is 0 Å². The molecule has 0 aromatic carbocycles. The van der Waals surface area contributed by atoms with Crippen LogP contribution in [0.3, 0.4) is 0 Å². The van der Waals surface area contributed by atoms with E-state index >= 15 is 0 Å². The van der Waals surface area contributed by atoms with Crippen molar-refractivity contribution in [1.82, 2.24) is 0 Å². The normalized spacial score (nSPS) is 48.4. The molecule has 2 bridgehead atoms. The molecule has 5 unspecified atom stereocenters. The van der Waals surface area contributed by atoms with Crippen LogP contribution in [0.25, 0.3) is 0 Å². The zero-order chi connectivity index (χ0) is 11.3. The van der Waals surface area contributed by atoms with Gasteiger partial charge in [-0.25, -0.2) is 0 Å². The second-order valence-corrected chi connectivity index (χ2v) is 5.32. The molecule has 0 saturated heterocycles. The Kier molecular flexibility index (Phi) is 2.15. The summed E-state index contributed by atoms with van der Waals surface area (Å²) in [5.74, 6) is 0.565. The zero-order valence-corrected chi connectivity index (χ0v) is 9.56. The van der Waals surface area contributed by atoms with Gasteiger partial charge in [0.25, 0.3) is 0 Å². The van der Waals surface area contributed by atoms with E-state index in [1.807, 2.05) is 6.92 Å². The Hall–Kier alpha value is -0.830.